The predicted molar refractivity (Wildman–Crippen MR) is 110 cm³/mol. The number of likely N-dealkylation sites (tertiary alicyclic amines) is 1. The summed E-state index contributed by atoms with van der Waals surface area (Å²) < 4.78 is 0. The Morgan fingerprint density at radius 2 is 1.93 bits per heavy atom. The molecular formula is C22H29N3OS. The zero-order valence-electron chi connectivity index (χ0n) is 16.6. The van der Waals surface area contributed by atoms with Gasteiger partial charge in [0.1, 0.15) is 0 Å². The molecule has 1 aliphatic carbocycles. The molecule has 0 atom stereocenters. The van der Waals surface area contributed by atoms with Crippen LogP contribution in [0.4, 0.5) is 0 Å². The molecule has 0 unspecified atom stereocenters. The monoisotopic (exact) mass is 383 g/mol. The molecular weight excluding hydrogens is 354 g/mol. The summed E-state index contributed by atoms with van der Waals surface area (Å²) in [5.74, 6) is 0.137. The first kappa shape index (κ1) is 18.6. The van der Waals surface area contributed by atoms with Crippen molar-refractivity contribution in [1.29, 1.82) is 0 Å². The van der Waals surface area contributed by atoms with Crippen molar-refractivity contribution in [2.75, 3.05) is 27.2 Å². The minimum absolute atomic E-state index is 0.137. The summed E-state index contributed by atoms with van der Waals surface area (Å²) in [5, 5.41) is 0. The smallest absolute Gasteiger partial charge is 0.255 e. The lowest BCUT2D eigenvalue weighted by Crippen LogP contribution is -2.47. The molecule has 0 bridgehead atoms. The predicted octanol–water partition coefficient (Wildman–Crippen LogP) is 4.31. The fourth-order valence-electron chi connectivity index (χ4n) is 4.98. The number of hydrogen-bond acceptors (Lipinski definition) is 4. The van der Waals surface area contributed by atoms with E-state index in [1.807, 2.05) is 23.5 Å². The molecule has 5 heteroatoms. The van der Waals surface area contributed by atoms with Gasteiger partial charge in [0, 0.05) is 35.2 Å². The van der Waals surface area contributed by atoms with Crippen LogP contribution < -0.4 is 0 Å². The number of hydrogen-bond donors (Lipinski definition) is 0. The van der Waals surface area contributed by atoms with E-state index in [9.17, 15) is 4.79 Å². The highest BCUT2D eigenvalue weighted by molar-refractivity contribution is 7.12. The van der Waals surface area contributed by atoms with Gasteiger partial charge in [0.2, 0.25) is 0 Å². The average molecular weight is 384 g/mol. The Kier molecular flexibility index (Phi) is 4.85. The molecule has 144 valence electrons. The number of rotatable bonds is 3. The molecule has 0 radical (unpaired) electrons. The highest BCUT2D eigenvalue weighted by atomic mass is 32.1. The number of nitrogens with zero attached hydrogens (tertiary/aromatic N) is 3. The van der Waals surface area contributed by atoms with E-state index in [-0.39, 0.29) is 11.4 Å². The Labute approximate surface area is 166 Å². The molecule has 2 fully saturated rings. The highest BCUT2D eigenvalue weighted by Crippen LogP contribution is 2.53. The van der Waals surface area contributed by atoms with Crippen LogP contribution >= 0.6 is 11.3 Å². The number of amides is 1. The maximum absolute atomic E-state index is 12.8. The van der Waals surface area contributed by atoms with Gasteiger partial charge in [-0.25, -0.2) is 0 Å². The van der Waals surface area contributed by atoms with Crippen LogP contribution in [0.15, 0.2) is 36.7 Å². The average Bonchev–Trinajstić information content (AvgIpc) is 3.30. The van der Waals surface area contributed by atoms with Crippen LogP contribution in [0.1, 0.15) is 52.2 Å². The van der Waals surface area contributed by atoms with E-state index in [4.69, 9.17) is 0 Å². The first-order chi connectivity index (χ1) is 12.9. The van der Waals surface area contributed by atoms with Crippen LogP contribution in [0, 0.1) is 12.3 Å². The lowest BCUT2D eigenvalue weighted by atomic mass is 9.66. The lowest BCUT2D eigenvalue weighted by molar-refractivity contribution is 0.0393. The molecule has 4 rings (SSSR count). The topological polar surface area (TPSA) is 36.4 Å². The Balaban J connectivity index is 1.48. The Morgan fingerprint density at radius 1 is 1.15 bits per heavy atom. The van der Waals surface area contributed by atoms with Crippen molar-refractivity contribution in [3.63, 3.8) is 0 Å². The van der Waals surface area contributed by atoms with E-state index in [0.717, 1.165) is 19.5 Å². The van der Waals surface area contributed by atoms with Crippen molar-refractivity contribution in [2.45, 2.75) is 44.6 Å². The van der Waals surface area contributed by atoms with Crippen molar-refractivity contribution in [1.82, 2.24) is 14.8 Å². The molecule has 27 heavy (non-hydrogen) atoms. The molecule has 1 amide bonds. The standard InChI is InChI=1S/C22H29N3OS/c1-17-6-7-19(27-17)22(24(2)3)10-8-21(9-11-22)12-14-25(16-21)20(26)18-5-4-13-23-15-18/h4-7,13,15H,8-12,14,16H2,1-3H3. The Hall–Kier alpha value is -1.72. The molecule has 2 aromatic rings. The largest absolute Gasteiger partial charge is 0.338 e. The molecule has 1 saturated heterocycles. The Morgan fingerprint density at radius 3 is 2.52 bits per heavy atom. The third-order valence-electron chi connectivity index (χ3n) is 6.83. The second-order valence-electron chi connectivity index (χ2n) is 8.55. The fraction of sp³-hybridized carbons (Fsp3) is 0.545. The minimum atomic E-state index is 0.137. The third kappa shape index (κ3) is 3.32. The van der Waals surface area contributed by atoms with E-state index in [1.54, 1.807) is 12.4 Å². The minimum Gasteiger partial charge on any atom is -0.338 e. The molecule has 2 aliphatic rings. The fourth-order valence-corrected chi connectivity index (χ4v) is 6.18. The zero-order chi connectivity index (χ0) is 19.1. The van der Waals surface area contributed by atoms with Crippen molar-refractivity contribution in [3.05, 3.63) is 52.0 Å². The third-order valence-corrected chi connectivity index (χ3v) is 8.02. The molecule has 2 aromatic heterocycles. The maximum Gasteiger partial charge on any atom is 0.255 e. The first-order valence-electron chi connectivity index (χ1n) is 9.88. The van der Waals surface area contributed by atoms with Gasteiger partial charge < -0.3 is 4.90 Å². The number of pyridine rings is 1. The summed E-state index contributed by atoms with van der Waals surface area (Å²) in [4.78, 5) is 24.3. The van der Waals surface area contributed by atoms with E-state index in [2.05, 4.69) is 47.9 Å². The van der Waals surface area contributed by atoms with E-state index >= 15 is 0 Å². The second-order valence-corrected chi connectivity index (χ2v) is 9.84. The molecule has 1 aliphatic heterocycles. The van der Waals surface area contributed by atoms with Crippen molar-refractivity contribution >= 4 is 17.2 Å². The zero-order valence-corrected chi connectivity index (χ0v) is 17.4. The van der Waals surface area contributed by atoms with Crippen LogP contribution in [0.2, 0.25) is 0 Å². The summed E-state index contributed by atoms with van der Waals surface area (Å²) in [6, 6.07) is 8.29. The van der Waals surface area contributed by atoms with Crippen molar-refractivity contribution < 1.29 is 4.79 Å². The van der Waals surface area contributed by atoms with Gasteiger partial charge in [-0.2, -0.15) is 0 Å². The van der Waals surface area contributed by atoms with E-state index in [1.165, 1.54) is 35.4 Å². The molecule has 3 heterocycles. The van der Waals surface area contributed by atoms with Crippen LogP contribution in [0.3, 0.4) is 0 Å². The van der Waals surface area contributed by atoms with Gasteiger partial charge in [0.05, 0.1) is 11.1 Å². The maximum atomic E-state index is 12.8. The summed E-state index contributed by atoms with van der Waals surface area (Å²) in [5.41, 5.74) is 1.16. The summed E-state index contributed by atoms with van der Waals surface area (Å²) in [7, 11) is 4.44. The van der Waals surface area contributed by atoms with E-state index in [0.29, 0.717) is 11.0 Å². The van der Waals surface area contributed by atoms with E-state index < -0.39 is 0 Å². The number of aromatic nitrogens is 1. The molecule has 0 N–H and O–H groups in total. The van der Waals surface area contributed by atoms with Crippen molar-refractivity contribution in [2.24, 2.45) is 5.41 Å². The lowest BCUT2D eigenvalue weighted by Gasteiger charge is -2.48. The van der Waals surface area contributed by atoms with Gasteiger partial charge in [-0.1, -0.05) is 0 Å². The van der Waals surface area contributed by atoms with Crippen LogP contribution in [-0.4, -0.2) is 47.9 Å². The molecule has 1 saturated carbocycles. The van der Waals surface area contributed by atoms with Gasteiger partial charge in [-0.05, 0) is 82.8 Å². The number of thiophene rings is 1. The number of aryl methyl sites for hydroxylation is 1. The molecule has 1 spiro atoms. The molecule has 0 aromatic carbocycles. The van der Waals surface area contributed by atoms with Crippen LogP contribution in [-0.2, 0) is 5.54 Å². The highest BCUT2D eigenvalue weighted by Gasteiger charge is 2.48. The normalized spacial score (nSPS) is 28.2. The molecule has 4 nitrogen and oxygen atoms in total. The Bertz CT molecular complexity index is 806. The van der Waals surface area contributed by atoms with Gasteiger partial charge in [0.15, 0.2) is 0 Å². The number of carbonyl (C=O) groups excluding carboxylic acids is 1. The summed E-state index contributed by atoms with van der Waals surface area (Å²) in [6.45, 7) is 3.97. The van der Waals surface area contributed by atoms with Gasteiger partial charge in [0.25, 0.3) is 5.91 Å². The number of carbonyl (C=O) groups is 1. The van der Waals surface area contributed by atoms with Crippen LogP contribution in [0.25, 0.3) is 0 Å². The summed E-state index contributed by atoms with van der Waals surface area (Å²) in [6.07, 6.45) is 9.27. The van der Waals surface area contributed by atoms with Crippen LogP contribution in [0.5, 0.6) is 0 Å². The van der Waals surface area contributed by atoms with Gasteiger partial charge in [-0.15, -0.1) is 11.3 Å². The second kappa shape index (κ2) is 7.02. The van der Waals surface area contributed by atoms with Gasteiger partial charge in [-0.3, -0.25) is 14.7 Å². The summed E-state index contributed by atoms with van der Waals surface area (Å²) >= 11 is 1.94. The van der Waals surface area contributed by atoms with Gasteiger partial charge >= 0.3 is 0 Å². The quantitative estimate of drug-likeness (QED) is 0.792. The SMILES string of the molecule is Cc1ccc(C2(N(C)C)CCC3(CCN(C(=O)c4cccnc4)C3)CC2)s1. The first-order valence-corrected chi connectivity index (χ1v) is 10.7. The van der Waals surface area contributed by atoms with Crippen molar-refractivity contribution in [3.8, 4) is 0 Å².